The fourth-order valence-corrected chi connectivity index (χ4v) is 2.45. The monoisotopic (exact) mass is 330 g/mol. The van der Waals surface area contributed by atoms with Crippen molar-refractivity contribution < 1.29 is 19.0 Å². The molecule has 0 aromatic rings. The smallest absolute Gasteiger partial charge is 0.305 e. The van der Waals surface area contributed by atoms with Gasteiger partial charge in [0.2, 0.25) is 0 Å². The van der Waals surface area contributed by atoms with E-state index in [4.69, 9.17) is 14.2 Å². The van der Waals surface area contributed by atoms with Crippen LogP contribution in [0.4, 0.5) is 0 Å². The summed E-state index contributed by atoms with van der Waals surface area (Å²) >= 11 is 0. The van der Waals surface area contributed by atoms with Gasteiger partial charge in [0.05, 0.1) is 19.8 Å². The van der Waals surface area contributed by atoms with Gasteiger partial charge in [-0.2, -0.15) is 0 Å². The highest BCUT2D eigenvalue weighted by Crippen LogP contribution is 2.25. The molecule has 0 heterocycles. The molecule has 23 heavy (non-hydrogen) atoms. The summed E-state index contributed by atoms with van der Waals surface area (Å²) in [5.74, 6) is 1.01. The summed E-state index contributed by atoms with van der Waals surface area (Å²) in [6.07, 6.45) is 3.23. The second kappa shape index (κ2) is 12.8. The highest BCUT2D eigenvalue weighted by atomic mass is 16.5. The highest BCUT2D eigenvalue weighted by molar-refractivity contribution is 5.69. The highest BCUT2D eigenvalue weighted by Gasteiger charge is 2.15. The Hall–Kier alpha value is -0.610. The zero-order chi connectivity index (χ0) is 17.7. The number of hydrogen-bond acceptors (Lipinski definition) is 4. The molecule has 0 saturated heterocycles. The van der Waals surface area contributed by atoms with E-state index in [1.165, 1.54) is 0 Å². The normalized spacial score (nSPS) is 13.3. The van der Waals surface area contributed by atoms with Gasteiger partial charge in [-0.15, -0.1) is 0 Å². The molecule has 0 N–H and O–H groups in total. The summed E-state index contributed by atoms with van der Waals surface area (Å²) < 4.78 is 16.1. The number of carbonyl (C=O) groups is 1. The van der Waals surface area contributed by atoms with Crippen LogP contribution in [0.3, 0.4) is 0 Å². The van der Waals surface area contributed by atoms with Crippen LogP contribution >= 0.6 is 0 Å². The molecule has 0 aliphatic carbocycles. The van der Waals surface area contributed by atoms with Gasteiger partial charge in [-0.05, 0) is 36.5 Å². The second-order valence-corrected chi connectivity index (χ2v) is 8.06. The van der Waals surface area contributed by atoms with Crippen molar-refractivity contribution in [3.8, 4) is 0 Å². The van der Waals surface area contributed by atoms with Crippen molar-refractivity contribution in [3.05, 3.63) is 0 Å². The lowest BCUT2D eigenvalue weighted by Gasteiger charge is -2.22. The lowest BCUT2D eigenvalue weighted by molar-refractivity contribution is -0.144. The van der Waals surface area contributed by atoms with Crippen LogP contribution in [-0.2, 0) is 19.0 Å². The lowest BCUT2D eigenvalue weighted by Crippen LogP contribution is -2.14. The van der Waals surface area contributed by atoms with Gasteiger partial charge in [0.15, 0.2) is 0 Å². The molecule has 138 valence electrons. The molecule has 0 fully saturated rings. The van der Waals surface area contributed by atoms with E-state index < -0.39 is 0 Å². The fourth-order valence-electron chi connectivity index (χ4n) is 2.45. The zero-order valence-corrected chi connectivity index (χ0v) is 16.2. The average Bonchev–Trinajstić information content (AvgIpc) is 2.39. The third-order valence-corrected chi connectivity index (χ3v) is 3.33. The predicted molar refractivity (Wildman–Crippen MR) is 94.5 cm³/mol. The quantitative estimate of drug-likeness (QED) is 0.369. The van der Waals surface area contributed by atoms with Crippen LogP contribution in [0.25, 0.3) is 0 Å². The van der Waals surface area contributed by atoms with E-state index in [9.17, 15) is 4.79 Å². The molecular formula is C19H38O4. The van der Waals surface area contributed by atoms with Gasteiger partial charge >= 0.3 is 5.97 Å². The van der Waals surface area contributed by atoms with E-state index in [0.29, 0.717) is 56.5 Å². The Morgan fingerprint density at radius 3 is 2.22 bits per heavy atom. The van der Waals surface area contributed by atoms with Gasteiger partial charge in [-0.1, -0.05) is 41.5 Å². The van der Waals surface area contributed by atoms with Crippen LogP contribution in [0.15, 0.2) is 0 Å². The molecule has 0 aromatic carbocycles. The first-order valence-corrected chi connectivity index (χ1v) is 9.02. The molecule has 0 rings (SSSR count). The van der Waals surface area contributed by atoms with E-state index in [0.717, 1.165) is 19.4 Å². The minimum Gasteiger partial charge on any atom is -0.466 e. The summed E-state index contributed by atoms with van der Waals surface area (Å²) in [6, 6.07) is 0. The molecule has 0 amide bonds. The van der Waals surface area contributed by atoms with Crippen LogP contribution in [0.5, 0.6) is 0 Å². The molecule has 0 aliphatic rings. The first-order valence-electron chi connectivity index (χ1n) is 9.02. The Morgan fingerprint density at radius 1 is 0.957 bits per heavy atom. The summed E-state index contributed by atoms with van der Waals surface area (Å²) in [7, 11) is 0. The minimum atomic E-state index is -0.118. The molecule has 0 aliphatic heterocycles. The van der Waals surface area contributed by atoms with E-state index in [1.54, 1.807) is 0 Å². The molecular weight excluding hydrogens is 292 g/mol. The minimum absolute atomic E-state index is 0.118. The standard InChI is InChI=1S/C19H38O4/c1-16(2)15-22-13-12-21-10-7-8-18(20)23-11-9-17(3)14-19(4,5)6/h16-17H,7-15H2,1-6H3. The molecule has 1 unspecified atom stereocenters. The van der Waals surface area contributed by atoms with Crippen molar-refractivity contribution >= 4 is 5.97 Å². The summed E-state index contributed by atoms with van der Waals surface area (Å²) in [6.45, 7) is 16.3. The molecule has 0 bridgehead atoms. The Morgan fingerprint density at radius 2 is 1.61 bits per heavy atom. The molecule has 0 spiro atoms. The molecule has 0 aromatic heterocycles. The maximum absolute atomic E-state index is 11.6. The van der Waals surface area contributed by atoms with Crippen molar-refractivity contribution in [2.24, 2.45) is 17.3 Å². The Labute approximate surface area is 143 Å². The van der Waals surface area contributed by atoms with E-state index in [1.807, 2.05) is 0 Å². The van der Waals surface area contributed by atoms with Gasteiger partial charge in [0, 0.05) is 19.6 Å². The van der Waals surface area contributed by atoms with Crippen LogP contribution in [0, 0.1) is 17.3 Å². The number of esters is 1. The van der Waals surface area contributed by atoms with Gasteiger partial charge in [-0.25, -0.2) is 0 Å². The Bertz CT molecular complexity index is 294. The van der Waals surface area contributed by atoms with E-state index in [2.05, 4.69) is 41.5 Å². The SMILES string of the molecule is CC(C)COCCOCCCC(=O)OCCC(C)CC(C)(C)C. The van der Waals surface area contributed by atoms with Gasteiger partial charge in [0.1, 0.15) is 0 Å². The van der Waals surface area contributed by atoms with Crippen molar-refractivity contribution in [2.45, 2.75) is 67.2 Å². The van der Waals surface area contributed by atoms with E-state index in [-0.39, 0.29) is 5.97 Å². The number of rotatable bonds is 13. The molecule has 0 radical (unpaired) electrons. The van der Waals surface area contributed by atoms with Crippen molar-refractivity contribution in [1.29, 1.82) is 0 Å². The van der Waals surface area contributed by atoms with Gasteiger partial charge in [0.25, 0.3) is 0 Å². The summed E-state index contributed by atoms with van der Waals surface area (Å²) in [4.78, 5) is 11.6. The number of carbonyl (C=O) groups excluding carboxylic acids is 1. The first kappa shape index (κ1) is 22.4. The molecule has 1 atom stereocenters. The van der Waals surface area contributed by atoms with Crippen molar-refractivity contribution in [1.82, 2.24) is 0 Å². The van der Waals surface area contributed by atoms with Gasteiger partial charge < -0.3 is 14.2 Å². The number of hydrogen-bond donors (Lipinski definition) is 0. The maximum Gasteiger partial charge on any atom is 0.305 e. The topological polar surface area (TPSA) is 44.8 Å². The second-order valence-electron chi connectivity index (χ2n) is 8.06. The predicted octanol–water partition coefficient (Wildman–Crippen LogP) is 4.46. The largest absolute Gasteiger partial charge is 0.466 e. The zero-order valence-electron chi connectivity index (χ0n) is 16.2. The van der Waals surface area contributed by atoms with E-state index >= 15 is 0 Å². The molecule has 4 nitrogen and oxygen atoms in total. The third-order valence-electron chi connectivity index (χ3n) is 3.33. The van der Waals surface area contributed by atoms with Gasteiger partial charge in [-0.3, -0.25) is 4.79 Å². The van der Waals surface area contributed by atoms with Crippen molar-refractivity contribution in [3.63, 3.8) is 0 Å². The Balaban J connectivity index is 3.41. The molecule has 0 saturated carbocycles. The molecule has 4 heteroatoms. The Kier molecular flexibility index (Phi) is 12.4. The maximum atomic E-state index is 11.6. The van der Waals surface area contributed by atoms with Crippen LogP contribution in [0.2, 0.25) is 0 Å². The summed E-state index contributed by atoms with van der Waals surface area (Å²) in [5.41, 5.74) is 0.333. The fraction of sp³-hybridized carbons (Fsp3) is 0.947. The third kappa shape index (κ3) is 17.6. The first-order chi connectivity index (χ1) is 10.7. The van der Waals surface area contributed by atoms with Crippen LogP contribution in [-0.4, -0.2) is 39.0 Å². The summed E-state index contributed by atoms with van der Waals surface area (Å²) in [5, 5.41) is 0. The lowest BCUT2D eigenvalue weighted by atomic mass is 9.84. The van der Waals surface area contributed by atoms with Crippen LogP contribution < -0.4 is 0 Å². The number of ether oxygens (including phenoxy) is 3. The van der Waals surface area contributed by atoms with Crippen LogP contribution in [0.1, 0.15) is 67.2 Å². The van der Waals surface area contributed by atoms with Crippen molar-refractivity contribution in [2.75, 3.05) is 33.0 Å². The average molecular weight is 331 g/mol.